The molecule has 2 heterocycles. The first-order chi connectivity index (χ1) is 10.1. The summed E-state index contributed by atoms with van der Waals surface area (Å²) in [7, 11) is 3.25. The van der Waals surface area contributed by atoms with Gasteiger partial charge < -0.3 is 14.9 Å². The molecular weight excluding hydrogens is 288 g/mol. The summed E-state index contributed by atoms with van der Waals surface area (Å²) < 4.78 is 12.6. The Balaban J connectivity index is 2.02. The summed E-state index contributed by atoms with van der Waals surface area (Å²) in [5, 5.41) is 9.90. The van der Waals surface area contributed by atoms with Gasteiger partial charge in [-0.3, -0.25) is 0 Å². The third kappa shape index (κ3) is 2.42. The zero-order valence-corrected chi connectivity index (χ0v) is 13.3. The van der Waals surface area contributed by atoms with Crippen LogP contribution in [-0.2, 0) is 0 Å². The van der Waals surface area contributed by atoms with Crippen molar-refractivity contribution in [1.29, 1.82) is 0 Å². The van der Waals surface area contributed by atoms with Crippen molar-refractivity contribution in [2.75, 3.05) is 19.6 Å². The molecule has 1 aliphatic rings. The summed E-state index contributed by atoms with van der Waals surface area (Å²) in [6.07, 6.45) is 0. The second-order valence-corrected chi connectivity index (χ2v) is 6.30. The number of methoxy groups -OCH3 is 2. The van der Waals surface area contributed by atoms with E-state index >= 15 is 0 Å². The predicted octanol–water partition coefficient (Wildman–Crippen LogP) is 2.39. The number of ether oxygens (including phenoxy) is 2. The van der Waals surface area contributed by atoms with Crippen LogP contribution in [-0.4, -0.2) is 40.4 Å². The van der Waals surface area contributed by atoms with E-state index in [2.05, 4.69) is 29.5 Å². The molecule has 0 saturated heterocycles. The Morgan fingerprint density at radius 1 is 1.14 bits per heavy atom. The zero-order valence-electron chi connectivity index (χ0n) is 12.5. The average molecular weight is 306 g/mol. The van der Waals surface area contributed by atoms with Crippen LogP contribution in [0.25, 0.3) is 11.4 Å². The van der Waals surface area contributed by atoms with Gasteiger partial charge in [0.2, 0.25) is 5.16 Å². The maximum atomic E-state index is 5.35. The fourth-order valence-electron chi connectivity index (χ4n) is 2.20. The van der Waals surface area contributed by atoms with Crippen molar-refractivity contribution in [1.82, 2.24) is 14.9 Å². The van der Waals surface area contributed by atoms with E-state index in [-0.39, 0.29) is 0 Å². The van der Waals surface area contributed by atoms with Gasteiger partial charge in [-0.05, 0) is 25.1 Å². The fourth-order valence-corrected chi connectivity index (χ4v) is 3.13. The average Bonchev–Trinajstić information content (AvgIpc) is 2.89. The van der Waals surface area contributed by atoms with Crippen molar-refractivity contribution in [2.45, 2.75) is 30.3 Å². The van der Waals surface area contributed by atoms with Crippen LogP contribution in [0, 0.1) is 0 Å². The molecule has 6 nitrogen and oxygen atoms in total. The predicted molar refractivity (Wildman–Crippen MR) is 82.7 cm³/mol. The number of hydrogen-bond donors (Lipinski definition) is 1. The number of thioether (sulfide) groups is 1. The lowest BCUT2D eigenvalue weighted by Crippen LogP contribution is -2.37. The molecule has 0 aliphatic carbocycles. The molecule has 0 amide bonds. The summed E-state index contributed by atoms with van der Waals surface area (Å²) in [5.41, 5.74) is 4.35. The van der Waals surface area contributed by atoms with E-state index in [0.717, 1.165) is 16.5 Å². The van der Waals surface area contributed by atoms with Crippen molar-refractivity contribution in [3.63, 3.8) is 0 Å². The number of nitrogens with one attached hydrogen (secondary N) is 1. The second kappa shape index (κ2) is 5.48. The molecule has 2 atom stereocenters. The Labute approximate surface area is 127 Å². The number of hydrogen-bond acceptors (Lipinski definition) is 6. The summed E-state index contributed by atoms with van der Waals surface area (Å²) >= 11 is 1.72. The van der Waals surface area contributed by atoms with E-state index in [4.69, 9.17) is 9.47 Å². The molecular formula is C14H18N4O2S. The lowest BCUT2D eigenvalue weighted by Gasteiger charge is -2.28. The highest BCUT2D eigenvalue weighted by Crippen LogP contribution is 2.35. The molecule has 0 saturated carbocycles. The zero-order chi connectivity index (χ0) is 15.0. The number of rotatable bonds is 3. The molecule has 0 spiro atoms. The van der Waals surface area contributed by atoms with Gasteiger partial charge in [0.25, 0.3) is 0 Å². The van der Waals surface area contributed by atoms with Gasteiger partial charge in [-0.1, -0.05) is 18.7 Å². The lowest BCUT2D eigenvalue weighted by atomic mass is 10.2. The van der Waals surface area contributed by atoms with E-state index in [0.29, 0.717) is 22.8 Å². The van der Waals surface area contributed by atoms with Gasteiger partial charge in [0.15, 0.2) is 17.3 Å². The van der Waals surface area contributed by atoms with E-state index < -0.39 is 0 Å². The molecule has 1 aliphatic heterocycles. The Hall–Kier alpha value is -1.89. The van der Waals surface area contributed by atoms with Crippen molar-refractivity contribution >= 4 is 11.8 Å². The maximum absolute atomic E-state index is 5.35. The molecule has 1 N–H and O–H groups in total. The summed E-state index contributed by atoms with van der Waals surface area (Å²) in [6, 6.07) is 6.08. The molecule has 1 aromatic carbocycles. The topological polar surface area (TPSA) is 61.2 Å². The first-order valence-corrected chi connectivity index (χ1v) is 7.63. The minimum atomic E-state index is 0.345. The first kappa shape index (κ1) is 14.1. The van der Waals surface area contributed by atoms with Gasteiger partial charge in [-0.15, -0.1) is 10.2 Å². The van der Waals surface area contributed by atoms with Gasteiger partial charge in [-0.2, -0.15) is 0 Å². The quantitative estimate of drug-likeness (QED) is 0.939. The maximum Gasteiger partial charge on any atom is 0.210 e. The normalized spacial score (nSPS) is 20.6. The highest BCUT2D eigenvalue weighted by Gasteiger charge is 2.26. The molecule has 0 bridgehead atoms. The smallest absolute Gasteiger partial charge is 0.210 e. The summed E-state index contributed by atoms with van der Waals surface area (Å²) in [5.74, 6) is 2.15. The largest absolute Gasteiger partial charge is 0.493 e. The van der Waals surface area contributed by atoms with Gasteiger partial charge in [-0.25, -0.2) is 4.68 Å². The Bertz CT molecular complexity index is 658. The Morgan fingerprint density at radius 2 is 1.90 bits per heavy atom. The van der Waals surface area contributed by atoms with E-state index in [1.807, 2.05) is 22.9 Å². The van der Waals surface area contributed by atoms with Crippen LogP contribution in [0.4, 0.5) is 0 Å². The van der Waals surface area contributed by atoms with Crippen LogP contribution in [0.1, 0.15) is 13.8 Å². The standard InChI is InChI=1S/C14H18N4O2S/c1-8-9(2)21-14-16-15-13(18(14)17-8)10-5-6-11(19-3)12(7-10)20-4/h5-9,17H,1-4H3. The van der Waals surface area contributed by atoms with Crippen LogP contribution in [0.2, 0.25) is 0 Å². The first-order valence-electron chi connectivity index (χ1n) is 6.75. The molecule has 0 radical (unpaired) electrons. The van der Waals surface area contributed by atoms with Crippen molar-refractivity contribution < 1.29 is 9.47 Å². The van der Waals surface area contributed by atoms with E-state index in [1.165, 1.54) is 0 Å². The van der Waals surface area contributed by atoms with Crippen molar-refractivity contribution in [3.8, 4) is 22.9 Å². The monoisotopic (exact) mass is 306 g/mol. The van der Waals surface area contributed by atoms with Crippen molar-refractivity contribution in [3.05, 3.63) is 18.2 Å². The number of fused-ring (bicyclic) bond motifs is 1. The minimum absolute atomic E-state index is 0.345. The van der Waals surface area contributed by atoms with E-state index in [1.54, 1.807) is 26.0 Å². The molecule has 3 rings (SSSR count). The van der Waals surface area contributed by atoms with Crippen LogP contribution < -0.4 is 14.9 Å². The number of aromatic nitrogens is 3. The molecule has 112 valence electrons. The van der Waals surface area contributed by atoms with E-state index in [9.17, 15) is 0 Å². The lowest BCUT2D eigenvalue weighted by molar-refractivity contribution is 0.355. The molecule has 21 heavy (non-hydrogen) atoms. The van der Waals surface area contributed by atoms with Crippen LogP contribution >= 0.6 is 11.8 Å². The van der Waals surface area contributed by atoms with Crippen molar-refractivity contribution in [2.24, 2.45) is 0 Å². The molecule has 0 fully saturated rings. The molecule has 1 aromatic heterocycles. The van der Waals surface area contributed by atoms with Gasteiger partial charge >= 0.3 is 0 Å². The summed E-state index contributed by atoms with van der Waals surface area (Å²) in [4.78, 5) is 0. The minimum Gasteiger partial charge on any atom is -0.493 e. The fraction of sp³-hybridized carbons (Fsp3) is 0.429. The van der Waals surface area contributed by atoms with Crippen LogP contribution in [0.5, 0.6) is 11.5 Å². The Kier molecular flexibility index (Phi) is 3.67. The number of nitrogens with zero attached hydrogens (tertiary/aromatic N) is 3. The number of benzene rings is 1. The SMILES string of the molecule is COc1ccc(-c2nnc3n2NC(C)C(C)S3)cc1OC. The highest BCUT2D eigenvalue weighted by atomic mass is 32.2. The highest BCUT2D eigenvalue weighted by molar-refractivity contribution is 7.99. The van der Waals surface area contributed by atoms with Gasteiger partial charge in [0, 0.05) is 10.8 Å². The van der Waals surface area contributed by atoms with Crippen LogP contribution in [0.15, 0.2) is 23.4 Å². The third-order valence-corrected chi connectivity index (χ3v) is 4.86. The molecule has 2 aromatic rings. The summed E-state index contributed by atoms with van der Waals surface area (Å²) in [6.45, 7) is 4.33. The second-order valence-electron chi connectivity index (χ2n) is 4.95. The molecule has 2 unspecified atom stereocenters. The third-order valence-electron chi connectivity index (χ3n) is 3.60. The molecule has 7 heteroatoms. The van der Waals surface area contributed by atoms with Gasteiger partial charge in [0.1, 0.15) is 0 Å². The Morgan fingerprint density at radius 3 is 2.62 bits per heavy atom. The van der Waals surface area contributed by atoms with Gasteiger partial charge in [0.05, 0.1) is 20.3 Å². The van der Waals surface area contributed by atoms with Crippen LogP contribution in [0.3, 0.4) is 0 Å².